The number of hydrogen-bond donors (Lipinski definition) is 2. The smallest absolute Gasteiger partial charge is 0.191 e. The van der Waals surface area contributed by atoms with Gasteiger partial charge in [-0.3, -0.25) is 9.89 Å². The minimum Gasteiger partial charge on any atom is -0.469 e. The van der Waals surface area contributed by atoms with Crippen molar-refractivity contribution in [3.8, 4) is 0 Å². The first kappa shape index (κ1) is 22.4. The third kappa shape index (κ3) is 8.80. The summed E-state index contributed by atoms with van der Waals surface area (Å²) in [6.45, 7) is 8.20. The summed E-state index contributed by atoms with van der Waals surface area (Å²) in [4.78, 5) is 7.17. The van der Waals surface area contributed by atoms with E-state index < -0.39 is 0 Å². The fourth-order valence-corrected chi connectivity index (χ4v) is 3.25. The van der Waals surface area contributed by atoms with E-state index in [4.69, 9.17) is 18.9 Å². The molecule has 0 aliphatic carbocycles. The molecule has 2 N–H and O–H groups in total. The lowest BCUT2D eigenvalue weighted by molar-refractivity contribution is 0.0376. The molecule has 0 bridgehead atoms. The Bertz CT molecular complexity index is 515. The van der Waals surface area contributed by atoms with E-state index >= 15 is 0 Å². The van der Waals surface area contributed by atoms with E-state index in [-0.39, 0.29) is 30.1 Å². The van der Waals surface area contributed by atoms with E-state index in [9.17, 15) is 0 Å². The summed E-state index contributed by atoms with van der Waals surface area (Å²) >= 11 is 0. The highest BCUT2D eigenvalue weighted by atomic mass is 127. The number of morpholine rings is 1. The van der Waals surface area contributed by atoms with Crippen molar-refractivity contribution in [3.05, 3.63) is 24.2 Å². The van der Waals surface area contributed by atoms with Crippen molar-refractivity contribution in [2.24, 2.45) is 4.99 Å². The van der Waals surface area contributed by atoms with Crippen molar-refractivity contribution >= 4 is 29.9 Å². The monoisotopic (exact) mass is 492 g/mol. The molecule has 0 saturated carbocycles. The van der Waals surface area contributed by atoms with Gasteiger partial charge in [0.15, 0.2) is 5.96 Å². The molecule has 154 valence electrons. The van der Waals surface area contributed by atoms with Crippen LogP contribution in [0.5, 0.6) is 0 Å². The fraction of sp³-hybridized carbons (Fsp3) is 0.737. The molecule has 2 aliphatic heterocycles. The van der Waals surface area contributed by atoms with Crippen LogP contribution in [0.15, 0.2) is 27.8 Å². The summed E-state index contributed by atoms with van der Waals surface area (Å²) in [6, 6.07) is 3.92. The minimum atomic E-state index is 0. The van der Waals surface area contributed by atoms with Crippen molar-refractivity contribution in [2.75, 3.05) is 59.1 Å². The molecule has 27 heavy (non-hydrogen) atoms. The number of ether oxygens (including phenoxy) is 2. The van der Waals surface area contributed by atoms with Gasteiger partial charge in [0.1, 0.15) is 5.76 Å². The molecule has 1 unspecified atom stereocenters. The Hall–Kier alpha value is -0.840. The molecule has 7 nitrogen and oxygen atoms in total. The van der Waals surface area contributed by atoms with Gasteiger partial charge in [0.05, 0.1) is 32.1 Å². The number of hydrogen-bond acceptors (Lipinski definition) is 5. The Morgan fingerprint density at radius 3 is 2.78 bits per heavy atom. The fourth-order valence-electron chi connectivity index (χ4n) is 3.25. The summed E-state index contributed by atoms with van der Waals surface area (Å²) in [5, 5.41) is 6.87. The lowest BCUT2D eigenvalue weighted by Gasteiger charge is -2.26. The quantitative estimate of drug-likeness (QED) is 0.238. The molecule has 1 aromatic heterocycles. The summed E-state index contributed by atoms with van der Waals surface area (Å²) in [5.74, 6) is 1.86. The second kappa shape index (κ2) is 13.4. The SMILES string of the molecule is I.c1coc(CCNC(=NCC2CCCO2)NCCCN2CCOCC2)c1. The highest BCUT2D eigenvalue weighted by Gasteiger charge is 2.15. The van der Waals surface area contributed by atoms with E-state index in [1.165, 1.54) is 0 Å². The molecule has 2 fully saturated rings. The normalized spacial score (nSPS) is 21.0. The van der Waals surface area contributed by atoms with Crippen LogP contribution < -0.4 is 10.6 Å². The highest BCUT2D eigenvalue weighted by Crippen LogP contribution is 2.11. The first-order valence-electron chi connectivity index (χ1n) is 9.86. The molecule has 8 heteroatoms. The number of rotatable bonds is 9. The molecule has 1 aromatic rings. The third-order valence-corrected chi connectivity index (χ3v) is 4.77. The number of nitrogens with zero attached hydrogens (tertiary/aromatic N) is 2. The molecule has 3 heterocycles. The van der Waals surface area contributed by atoms with Crippen LogP contribution in [0.4, 0.5) is 0 Å². The second-order valence-electron chi connectivity index (χ2n) is 6.81. The van der Waals surface area contributed by atoms with Crippen LogP contribution in [0.2, 0.25) is 0 Å². The number of guanidine groups is 1. The topological polar surface area (TPSA) is 71.3 Å². The zero-order valence-corrected chi connectivity index (χ0v) is 18.4. The molecule has 0 spiro atoms. The predicted molar refractivity (Wildman–Crippen MR) is 117 cm³/mol. The van der Waals surface area contributed by atoms with E-state index in [0.717, 1.165) is 96.5 Å². The van der Waals surface area contributed by atoms with E-state index in [1.807, 2.05) is 12.1 Å². The van der Waals surface area contributed by atoms with Crippen LogP contribution in [0, 0.1) is 0 Å². The van der Waals surface area contributed by atoms with Gasteiger partial charge in [0.25, 0.3) is 0 Å². The molecule has 2 saturated heterocycles. The highest BCUT2D eigenvalue weighted by molar-refractivity contribution is 14.0. The maximum atomic E-state index is 5.68. The average molecular weight is 492 g/mol. The molecule has 0 radical (unpaired) electrons. The van der Waals surface area contributed by atoms with Crippen LogP contribution in [0.3, 0.4) is 0 Å². The summed E-state index contributed by atoms with van der Waals surface area (Å²) in [6.07, 6.45) is 6.19. The van der Waals surface area contributed by atoms with Crippen LogP contribution in [-0.2, 0) is 15.9 Å². The van der Waals surface area contributed by atoms with Crippen molar-refractivity contribution in [1.82, 2.24) is 15.5 Å². The van der Waals surface area contributed by atoms with Gasteiger partial charge < -0.3 is 24.5 Å². The number of aliphatic imine (C=N–C) groups is 1. The first-order chi connectivity index (χ1) is 12.9. The Labute approximate surface area is 179 Å². The molecule has 1 atom stereocenters. The van der Waals surface area contributed by atoms with E-state index in [1.54, 1.807) is 6.26 Å². The van der Waals surface area contributed by atoms with Crippen LogP contribution in [0.25, 0.3) is 0 Å². The summed E-state index contributed by atoms with van der Waals surface area (Å²) < 4.78 is 16.5. The van der Waals surface area contributed by atoms with Gasteiger partial charge in [-0.2, -0.15) is 0 Å². The molecule has 2 aliphatic rings. The van der Waals surface area contributed by atoms with Crippen molar-refractivity contribution in [2.45, 2.75) is 31.8 Å². The van der Waals surface area contributed by atoms with Crippen LogP contribution in [-0.4, -0.2) is 76.1 Å². The Morgan fingerprint density at radius 1 is 1.19 bits per heavy atom. The average Bonchev–Trinajstić information content (AvgIpc) is 3.37. The second-order valence-corrected chi connectivity index (χ2v) is 6.81. The number of halogens is 1. The van der Waals surface area contributed by atoms with Gasteiger partial charge in [-0.15, -0.1) is 24.0 Å². The molecule has 0 amide bonds. The van der Waals surface area contributed by atoms with Gasteiger partial charge in [-0.1, -0.05) is 0 Å². The van der Waals surface area contributed by atoms with Gasteiger partial charge in [0, 0.05) is 39.2 Å². The maximum Gasteiger partial charge on any atom is 0.191 e. The maximum absolute atomic E-state index is 5.68. The Kier molecular flexibility index (Phi) is 11.1. The molecule has 0 aromatic carbocycles. The minimum absolute atomic E-state index is 0. The van der Waals surface area contributed by atoms with Crippen molar-refractivity contribution in [3.63, 3.8) is 0 Å². The predicted octanol–water partition coefficient (Wildman–Crippen LogP) is 1.88. The number of nitrogens with one attached hydrogen (secondary N) is 2. The zero-order chi connectivity index (χ0) is 17.9. The largest absolute Gasteiger partial charge is 0.469 e. The number of furan rings is 1. The summed E-state index contributed by atoms with van der Waals surface area (Å²) in [5.41, 5.74) is 0. The lowest BCUT2D eigenvalue weighted by Crippen LogP contribution is -2.41. The van der Waals surface area contributed by atoms with Crippen LogP contribution >= 0.6 is 24.0 Å². The van der Waals surface area contributed by atoms with Gasteiger partial charge in [-0.25, -0.2) is 0 Å². The van der Waals surface area contributed by atoms with Gasteiger partial charge in [0.2, 0.25) is 0 Å². The van der Waals surface area contributed by atoms with Crippen LogP contribution in [0.1, 0.15) is 25.0 Å². The summed E-state index contributed by atoms with van der Waals surface area (Å²) in [7, 11) is 0. The first-order valence-corrected chi connectivity index (χ1v) is 9.86. The van der Waals surface area contributed by atoms with E-state index in [2.05, 4.69) is 15.5 Å². The molecule has 3 rings (SSSR count). The van der Waals surface area contributed by atoms with Crippen molar-refractivity contribution < 1.29 is 13.9 Å². The molecular weight excluding hydrogens is 459 g/mol. The van der Waals surface area contributed by atoms with Crippen molar-refractivity contribution in [1.29, 1.82) is 0 Å². The van der Waals surface area contributed by atoms with Gasteiger partial charge in [-0.05, 0) is 37.9 Å². The molecular formula is C19H33IN4O3. The zero-order valence-electron chi connectivity index (χ0n) is 16.0. The Balaban J connectivity index is 0.00000261. The third-order valence-electron chi connectivity index (χ3n) is 4.77. The van der Waals surface area contributed by atoms with Gasteiger partial charge >= 0.3 is 0 Å². The standard InChI is InChI=1S/C19H32N4O3.HI/c1-4-17(25-12-1)6-8-21-19(22-16-18-5-2-13-26-18)20-7-3-9-23-10-14-24-15-11-23;/h1,4,12,18H,2-3,5-11,13-16H2,(H2,20,21,22);1H. The van der Waals surface area contributed by atoms with E-state index in [0.29, 0.717) is 0 Å². The Morgan fingerprint density at radius 2 is 2.04 bits per heavy atom. The lowest BCUT2D eigenvalue weighted by atomic mass is 10.2.